The van der Waals surface area contributed by atoms with Crippen LogP contribution in [0.1, 0.15) is 25.7 Å². The molecular weight excluding hydrogens is 258 g/mol. The number of thiol groups is 1. The molecule has 1 aliphatic heterocycles. The SMILES string of the molecule is O=C(O)CCCC(C(=O)O)N1CC(CS)CC1=O. The molecule has 7 heteroatoms. The van der Waals surface area contributed by atoms with Crippen LogP contribution < -0.4 is 0 Å². The second kappa shape index (κ2) is 6.63. The van der Waals surface area contributed by atoms with Gasteiger partial charge in [-0.25, -0.2) is 4.79 Å². The van der Waals surface area contributed by atoms with Gasteiger partial charge in [-0.05, 0) is 24.5 Å². The van der Waals surface area contributed by atoms with Crippen molar-refractivity contribution in [2.24, 2.45) is 5.92 Å². The Morgan fingerprint density at radius 1 is 1.44 bits per heavy atom. The third kappa shape index (κ3) is 3.90. The highest BCUT2D eigenvalue weighted by Crippen LogP contribution is 2.23. The number of carboxylic acids is 2. The van der Waals surface area contributed by atoms with E-state index in [1.54, 1.807) is 0 Å². The Kier molecular flexibility index (Phi) is 5.46. The first-order chi connectivity index (χ1) is 8.45. The van der Waals surface area contributed by atoms with Gasteiger partial charge in [0, 0.05) is 19.4 Å². The highest BCUT2D eigenvalue weighted by Gasteiger charge is 2.36. The normalized spacial score (nSPS) is 21.1. The molecule has 0 aromatic rings. The maximum absolute atomic E-state index is 11.7. The summed E-state index contributed by atoms with van der Waals surface area (Å²) in [5, 5.41) is 17.6. The van der Waals surface area contributed by atoms with E-state index in [0.29, 0.717) is 18.7 Å². The minimum Gasteiger partial charge on any atom is -0.481 e. The lowest BCUT2D eigenvalue weighted by atomic mass is 10.1. The third-order valence-electron chi connectivity index (χ3n) is 3.03. The van der Waals surface area contributed by atoms with E-state index in [9.17, 15) is 14.4 Å². The molecule has 0 spiro atoms. The fourth-order valence-electron chi connectivity index (χ4n) is 2.09. The van der Waals surface area contributed by atoms with Gasteiger partial charge in [0.05, 0.1) is 0 Å². The summed E-state index contributed by atoms with van der Waals surface area (Å²) in [6.45, 7) is 0.395. The number of nitrogens with zero attached hydrogens (tertiary/aromatic N) is 1. The van der Waals surface area contributed by atoms with Crippen molar-refractivity contribution in [2.45, 2.75) is 31.7 Å². The second-order valence-electron chi connectivity index (χ2n) is 4.44. The highest BCUT2D eigenvalue weighted by molar-refractivity contribution is 7.80. The van der Waals surface area contributed by atoms with E-state index in [2.05, 4.69) is 12.6 Å². The van der Waals surface area contributed by atoms with E-state index in [-0.39, 0.29) is 31.1 Å². The molecule has 2 N–H and O–H groups in total. The Hall–Kier alpha value is -1.24. The average molecular weight is 275 g/mol. The second-order valence-corrected chi connectivity index (χ2v) is 4.80. The van der Waals surface area contributed by atoms with Crippen LogP contribution in [-0.2, 0) is 14.4 Å². The van der Waals surface area contributed by atoms with Crippen LogP contribution in [0, 0.1) is 5.92 Å². The number of carboxylic acid groups (broad SMARTS) is 2. The van der Waals surface area contributed by atoms with Crippen molar-refractivity contribution in [1.82, 2.24) is 4.90 Å². The molecule has 0 aromatic heterocycles. The minimum atomic E-state index is -1.08. The Bertz CT molecular complexity index is 346. The Labute approximate surface area is 110 Å². The van der Waals surface area contributed by atoms with Gasteiger partial charge in [-0.3, -0.25) is 9.59 Å². The standard InChI is InChI=1S/C11H17NO5S/c13-9-4-7(6-18)5-12(9)8(11(16)17)2-1-3-10(14)15/h7-8,18H,1-6H2,(H,14,15)(H,16,17). The van der Waals surface area contributed by atoms with Crippen LogP contribution in [0.15, 0.2) is 0 Å². The zero-order chi connectivity index (χ0) is 13.7. The first-order valence-corrected chi connectivity index (χ1v) is 6.44. The number of carbonyl (C=O) groups excluding carboxylic acids is 1. The number of likely N-dealkylation sites (tertiary alicyclic amines) is 1. The van der Waals surface area contributed by atoms with Gasteiger partial charge in [0.1, 0.15) is 6.04 Å². The summed E-state index contributed by atoms with van der Waals surface area (Å²) in [4.78, 5) is 34.6. The first-order valence-electron chi connectivity index (χ1n) is 5.80. The number of aliphatic carboxylic acids is 2. The van der Waals surface area contributed by atoms with Crippen LogP contribution in [0.4, 0.5) is 0 Å². The number of hydrogen-bond donors (Lipinski definition) is 3. The average Bonchev–Trinajstić information content (AvgIpc) is 2.65. The first kappa shape index (κ1) is 14.8. The summed E-state index contributed by atoms with van der Waals surface area (Å²) in [7, 11) is 0. The lowest BCUT2D eigenvalue weighted by Crippen LogP contribution is -2.42. The molecule has 102 valence electrons. The molecule has 1 rings (SSSR count). The molecule has 2 unspecified atom stereocenters. The number of amides is 1. The van der Waals surface area contributed by atoms with Crippen molar-refractivity contribution < 1.29 is 24.6 Å². The molecule has 1 saturated heterocycles. The van der Waals surface area contributed by atoms with E-state index in [4.69, 9.17) is 10.2 Å². The molecule has 0 aromatic carbocycles. The quantitative estimate of drug-likeness (QED) is 0.587. The van der Waals surface area contributed by atoms with E-state index >= 15 is 0 Å². The van der Waals surface area contributed by atoms with Gasteiger partial charge in [0.15, 0.2) is 0 Å². The maximum Gasteiger partial charge on any atom is 0.326 e. The van der Waals surface area contributed by atoms with E-state index in [0.717, 1.165) is 0 Å². The van der Waals surface area contributed by atoms with Crippen molar-refractivity contribution in [3.05, 3.63) is 0 Å². The fourth-order valence-corrected chi connectivity index (χ4v) is 2.34. The molecule has 1 fully saturated rings. The van der Waals surface area contributed by atoms with Crippen LogP contribution in [0.5, 0.6) is 0 Å². The van der Waals surface area contributed by atoms with Crippen molar-refractivity contribution >= 4 is 30.5 Å². The highest BCUT2D eigenvalue weighted by atomic mass is 32.1. The van der Waals surface area contributed by atoms with Crippen molar-refractivity contribution in [3.8, 4) is 0 Å². The lowest BCUT2D eigenvalue weighted by Gasteiger charge is -2.24. The lowest BCUT2D eigenvalue weighted by molar-refractivity contribution is -0.149. The summed E-state index contributed by atoms with van der Waals surface area (Å²) in [5.74, 6) is -1.59. The van der Waals surface area contributed by atoms with Gasteiger partial charge in [-0.2, -0.15) is 12.6 Å². The zero-order valence-electron chi connectivity index (χ0n) is 9.91. The van der Waals surface area contributed by atoms with Crippen LogP contribution in [-0.4, -0.2) is 51.3 Å². The van der Waals surface area contributed by atoms with Gasteiger partial charge in [-0.15, -0.1) is 0 Å². The topological polar surface area (TPSA) is 94.9 Å². The monoisotopic (exact) mass is 275 g/mol. The van der Waals surface area contributed by atoms with Gasteiger partial charge in [0.25, 0.3) is 0 Å². The smallest absolute Gasteiger partial charge is 0.326 e. The third-order valence-corrected chi connectivity index (χ3v) is 3.54. The zero-order valence-corrected chi connectivity index (χ0v) is 10.8. The Balaban J connectivity index is 2.59. The number of rotatable bonds is 7. The van der Waals surface area contributed by atoms with Gasteiger partial charge in [0.2, 0.25) is 5.91 Å². The molecule has 0 radical (unpaired) electrons. The molecular formula is C11H17NO5S. The molecule has 0 bridgehead atoms. The summed E-state index contributed by atoms with van der Waals surface area (Å²) in [5.41, 5.74) is 0. The van der Waals surface area contributed by atoms with Gasteiger partial charge in [-0.1, -0.05) is 0 Å². The Morgan fingerprint density at radius 3 is 2.56 bits per heavy atom. The molecule has 0 aliphatic carbocycles. The van der Waals surface area contributed by atoms with E-state index in [1.165, 1.54) is 4.90 Å². The van der Waals surface area contributed by atoms with Crippen molar-refractivity contribution in [1.29, 1.82) is 0 Å². The molecule has 2 atom stereocenters. The van der Waals surface area contributed by atoms with Gasteiger partial charge >= 0.3 is 11.9 Å². The predicted octanol–water partition coefficient (Wildman–Crippen LogP) is 0.473. The largest absolute Gasteiger partial charge is 0.481 e. The predicted molar refractivity (Wildman–Crippen MR) is 66.6 cm³/mol. The van der Waals surface area contributed by atoms with Crippen LogP contribution in [0.3, 0.4) is 0 Å². The molecule has 1 heterocycles. The van der Waals surface area contributed by atoms with Crippen LogP contribution in [0.25, 0.3) is 0 Å². The molecule has 0 saturated carbocycles. The number of carbonyl (C=O) groups is 3. The molecule has 6 nitrogen and oxygen atoms in total. The molecule has 1 amide bonds. The molecule has 1 aliphatic rings. The summed E-state index contributed by atoms with van der Waals surface area (Å²) in [6, 6.07) is -0.915. The summed E-state index contributed by atoms with van der Waals surface area (Å²) < 4.78 is 0. The van der Waals surface area contributed by atoms with Crippen LogP contribution >= 0.6 is 12.6 Å². The van der Waals surface area contributed by atoms with Crippen molar-refractivity contribution in [3.63, 3.8) is 0 Å². The maximum atomic E-state index is 11.7. The summed E-state index contributed by atoms with van der Waals surface area (Å²) >= 11 is 4.11. The van der Waals surface area contributed by atoms with Crippen molar-refractivity contribution in [2.75, 3.05) is 12.3 Å². The van der Waals surface area contributed by atoms with E-state index in [1.807, 2.05) is 0 Å². The fraction of sp³-hybridized carbons (Fsp3) is 0.727. The Morgan fingerprint density at radius 2 is 2.11 bits per heavy atom. The van der Waals surface area contributed by atoms with E-state index < -0.39 is 18.0 Å². The van der Waals surface area contributed by atoms with Gasteiger partial charge < -0.3 is 15.1 Å². The summed E-state index contributed by atoms with van der Waals surface area (Å²) in [6.07, 6.45) is 0.669. The molecule has 18 heavy (non-hydrogen) atoms. The van der Waals surface area contributed by atoms with Crippen LogP contribution in [0.2, 0.25) is 0 Å². The minimum absolute atomic E-state index is 0.0815. The number of hydrogen-bond acceptors (Lipinski definition) is 4.